The Balaban J connectivity index is 2.19. The highest BCUT2D eigenvalue weighted by Crippen LogP contribution is 2.40. The largest absolute Gasteiger partial charge is 0.443 e. The molecule has 0 unspecified atom stereocenters. The van der Waals surface area contributed by atoms with Crippen LogP contribution in [0.3, 0.4) is 0 Å². The number of amides is 1. The molecule has 1 aromatic heterocycles. The van der Waals surface area contributed by atoms with E-state index in [1.807, 2.05) is 6.07 Å². The zero-order valence-corrected chi connectivity index (χ0v) is 21.2. The molecule has 182 valence electrons. The molecule has 11 heteroatoms. The van der Waals surface area contributed by atoms with E-state index < -0.39 is 26.4 Å². The van der Waals surface area contributed by atoms with Crippen molar-refractivity contribution in [1.29, 1.82) is 0 Å². The number of anilines is 1. The maximum absolute atomic E-state index is 12.2. The van der Waals surface area contributed by atoms with E-state index >= 15 is 0 Å². The lowest BCUT2D eigenvalue weighted by Crippen LogP contribution is -2.34. The molecule has 34 heavy (non-hydrogen) atoms. The van der Waals surface area contributed by atoms with Gasteiger partial charge in [0.2, 0.25) is 0 Å². The van der Waals surface area contributed by atoms with Crippen molar-refractivity contribution in [2.75, 3.05) is 18.5 Å². The SMILES string of the molecule is CCOC(OCC)(OP=O)c1cc(-c2cccc(Cl)c2)c2nc(NC(=O)OC(C)(C)C)oc2c1. The van der Waals surface area contributed by atoms with Crippen molar-refractivity contribution < 1.29 is 32.5 Å². The third kappa shape index (κ3) is 6.11. The Morgan fingerprint density at radius 1 is 1.15 bits per heavy atom. The number of hydrogen-bond acceptors (Lipinski definition) is 8. The van der Waals surface area contributed by atoms with Gasteiger partial charge < -0.3 is 18.6 Å². The average molecular weight is 509 g/mol. The van der Waals surface area contributed by atoms with Crippen LogP contribution in [0.15, 0.2) is 40.8 Å². The summed E-state index contributed by atoms with van der Waals surface area (Å²) in [5, 5.41) is 3.02. The Kier molecular flexibility index (Phi) is 8.28. The van der Waals surface area contributed by atoms with Gasteiger partial charge in [0, 0.05) is 16.1 Å². The Morgan fingerprint density at radius 2 is 1.85 bits per heavy atom. The third-order valence-electron chi connectivity index (χ3n) is 4.42. The molecular weight excluding hydrogens is 483 g/mol. The number of fused-ring (bicyclic) bond motifs is 1. The van der Waals surface area contributed by atoms with Crippen LogP contribution in [-0.4, -0.2) is 29.9 Å². The van der Waals surface area contributed by atoms with Gasteiger partial charge in [0.1, 0.15) is 11.1 Å². The summed E-state index contributed by atoms with van der Waals surface area (Å²) in [6.07, 6.45) is -0.713. The highest BCUT2D eigenvalue weighted by Gasteiger charge is 2.38. The minimum Gasteiger partial charge on any atom is -0.443 e. The first kappa shape index (κ1) is 26.1. The van der Waals surface area contributed by atoms with Crippen molar-refractivity contribution >= 4 is 43.5 Å². The number of rotatable bonds is 9. The van der Waals surface area contributed by atoms with Gasteiger partial charge in [0.05, 0.1) is 13.2 Å². The summed E-state index contributed by atoms with van der Waals surface area (Å²) < 4.78 is 39.4. The van der Waals surface area contributed by atoms with Crippen LogP contribution in [-0.2, 0) is 29.3 Å². The number of ether oxygens (including phenoxy) is 3. The third-order valence-corrected chi connectivity index (χ3v) is 4.97. The summed E-state index contributed by atoms with van der Waals surface area (Å²) in [6, 6.07) is 10.4. The van der Waals surface area contributed by atoms with E-state index in [4.69, 9.17) is 34.8 Å². The van der Waals surface area contributed by atoms with Crippen LogP contribution in [0.4, 0.5) is 10.8 Å². The smallest absolute Gasteiger partial charge is 0.415 e. The molecule has 0 fully saturated rings. The number of oxazole rings is 1. The fourth-order valence-corrected chi connectivity index (χ4v) is 3.77. The molecule has 0 aliphatic carbocycles. The van der Waals surface area contributed by atoms with Gasteiger partial charge in [-0.3, -0.25) is 0 Å². The van der Waals surface area contributed by atoms with Crippen LogP contribution in [0.25, 0.3) is 22.2 Å². The fraction of sp³-hybridized carbons (Fsp3) is 0.391. The summed E-state index contributed by atoms with van der Waals surface area (Å²) in [5.74, 6) is -1.76. The van der Waals surface area contributed by atoms with E-state index in [9.17, 15) is 9.36 Å². The number of hydrogen-bond donors (Lipinski definition) is 1. The first-order valence-electron chi connectivity index (χ1n) is 10.6. The molecule has 0 saturated carbocycles. The van der Waals surface area contributed by atoms with Crippen LogP contribution in [0.2, 0.25) is 5.02 Å². The lowest BCUT2D eigenvalue weighted by Gasteiger charge is -2.30. The molecule has 0 spiro atoms. The number of halogens is 1. The zero-order valence-electron chi connectivity index (χ0n) is 19.5. The Bertz CT molecular complexity index is 1170. The Morgan fingerprint density at radius 3 is 2.44 bits per heavy atom. The molecule has 1 N–H and O–H groups in total. The maximum Gasteiger partial charge on any atom is 0.415 e. The number of nitrogens with zero attached hydrogens (tertiary/aromatic N) is 1. The van der Waals surface area contributed by atoms with Crippen molar-refractivity contribution in [3.05, 3.63) is 47.0 Å². The van der Waals surface area contributed by atoms with Gasteiger partial charge >= 0.3 is 26.8 Å². The van der Waals surface area contributed by atoms with Gasteiger partial charge in [0.15, 0.2) is 5.58 Å². The van der Waals surface area contributed by atoms with E-state index in [1.54, 1.807) is 65.0 Å². The Hall–Kier alpha value is -2.55. The minimum absolute atomic E-state index is 0.0639. The van der Waals surface area contributed by atoms with Crippen LogP contribution >= 0.6 is 20.3 Å². The molecule has 1 amide bonds. The number of carbonyl (C=O) groups is 1. The van der Waals surface area contributed by atoms with Gasteiger partial charge in [0.25, 0.3) is 0 Å². The number of carbonyl (C=O) groups excluding carboxylic acids is 1. The molecule has 3 aromatic rings. The molecule has 0 aliphatic rings. The molecule has 0 atom stereocenters. The van der Waals surface area contributed by atoms with Crippen molar-refractivity contribution in [2.24, 2.45) is 0 Å². The van der Waals surface area contributed by atoms with Crippen LogP contribution in [0.1, 0.15) is 40.2 Å². The van der Waals surface area contributed by atoms with E-state index in [2.05, 4.69) is 10.3 Å². The number of benzene rings is 2. The molecule has 0 bridgehead atoms. The van der Waals surface area contributed by atoms with Crippen LogP contribution < -0.4 is 5.32 Å². The molecule has 2 aromatic carbocycles. The normalized spacial score (nSPS) is 12.3. The molecule has 1 heterocycles. The zero-order chi connectivity index (χ0) is 24.9. The number of nitrogens with one attached hydrogen (secondary N) is 1. The van der Waals surface area contributed by atoms with Gasteiger partial charge in [-0.25, -0.2) is 19.2 Å². The molecule has 0 aliphatic heterocycles. The van der Waals surface area contributed by atoms with Gasteiger partial charge in [-0.2, -0.15) is 4.98 Å². The second-order valence-corrected chi connectivity index (χ2v) is 8.88. The van der Waals surface area contributed by atoms with Crippen molar-refractivity contribution in [3.8, 4) is 11.1 Å². The molecule has 0 radical (unpaired) electrons. The minimum atomic E-state index is -1.76. The van der Waals surface area contributed by atoms with E-state index in [1.165, 1.54) is 0 Å². The summed E-state index contributed by atoms with van der Waals surface area (Å²) in [6.45, 7) is 9.18. The highest BCUT2D eigenvalue weighted by molar-refractivity contribution is 7.17. The van der Waals surface area contributed by atoms with Crippen LogP contribution in [0.5, 0.6) is 0 Å². The van der Waals surface area contributed by atoms with Crippen molar-refractivity contribution in [1.82, 2.24) is 4.98 Å². The maximum atomic E-state index is 12.2. The summed E-state index contributed by atoms with van der Waals surface area (Å²) in [4.78, 5) is 16.7. The second-order valence-electron chi connectivity index (χ2n) is 8.11. The first-order valence-corrected chi connectivity index (χ1v) is 11.7. The molecule has 0 saturated heterocycles. The lowest BCUT2D eigenvalue weighted by molar-refractivity contribution is -0.350. The first-order chi connectivity index (χ1) is 16.1. The second kappa shape index (κ2) is 10.8. The highest BCUT2D eigenvalue weighted by atomic mass is 35.5. The quantitative estimate of drug-likeness (QED) is 0.245. The number of aromatic nitrogens is 1. The summed E-state index contributed by atoms with van der Waals surface area (Å²) in [5.41, 5.74) is 1.75. The summed E-state index contributed by atoms with van der Waals surface area (Å²) in [7, 11) is -0.641. The van der Waals surface area contributed by atoms with Gasteiger partial charge in [-0.15, -0.1) is 0 Å². The van der Waals surface area contributed by atoms with E-state index in [-0.39, 0.29) is 19.2 Å². The van der Waals surface area contributed by atoms with E-state index in [0.717, 1.165) is 5.56 Å². The molecular formula is C23H26ClN2O7P. The monoisotopic (exact) mass is 508 g/mol. The standard InChI is InChI=1S/C23H26ClN2O7P/c1-6-29-23(30-7-2,33-34-28)15-12-17(14-9-8-10-16(24)11-14)19-18(13-15)31-20(25-19)26-21(27)32-22(3,4)5/h8-13H,6-7H2,1-5H3,(H,25,26,27). The van der Waals surface area contributed by atoms with Gasteiger partial charge in [-0.05, 0) is 64.4 Å². The van der Waals surface area contributed by atoms with E-state index in [0.29, 0.717) is 27.2 Å². The summed E-state index contributed by atoms with van der Waals surface area (Å²) >= 11 is 6.23. The van der Waals surface area contributed by atoms with Crippen molar-refractivity contribution in [3.63, 3.8) is 0 Å². The predicted molar refractivity (Wildman–Crippen MR) is 128 cm³/mol. The molecule has 9 nitrogen and oxygen atoms in total. The Labute approximate surface area is 204 Å². The average Bonchev–Trinajstić information content (AvgIpc) is 3.14. The van der Waals surface area contributed by atoms with Gasteiger partial charge in [-0.1, -0.05) is 23.7 Å². The molecule has 3 rings (SSSR count). The van der Waals surface area contributed by atoms with Crippen molar-refractivity contribution in [2.45, 2.75) is 46.2 Å². The topological polar surface area (TPSA) is 109 Å². The predicted octanol–water partition coefficient (Wildman–Crippen LogP) is 6.90. The fourth-order valence-electron chi connectivity index (χ4n) is 3.27. The van der Waals surface area contributed by atoms with Crippen LogP contribution in [0, 0.1) is 0 Å². The lowest BCUT2D eigenvalue weighted by atomic mass is 10.0.